The quantitative estimate of drug-likeness (QED) is 0.477. The Balaban J connectivity index is 1.57. The van der Waals surface area contributed by atoms with E-state index in [0.29, 0.717) is 24.1 Å². The summed E-state index contributed by atoms with van der Waals surface area (Å²) in [6.45, 7) is 1.93. The van der Waals surface area contributed by atoms with E-state index in [1.165, 1.54) is 0 Å². The average molecular weight is 432 g/mol. The topological polar surface area (TPSA) is 70.2 Å². The average Bonchev–Trinajstić information content (AvgIpc) is 2.79. The smallest absolute Gasteiger partial charge is 0.253 e. The Kier molecular flexibility index (Phi) is 7.90. The number of rotatable bonds is 7. The van der Waals surface area contributed by atoms with E-state index in [1.54, 1.807) is 24.3 Å². The standard InChI is InChI=1S/C25H25N3O2S/c1-18(20-12-6-3-7-13-20)26-24(30)21-14-8-9-15-22(21)27-25(31)28-23(29)17-16-19-10-4-2-5-11-19/h2-15,18H,16-17H2,1H3,(H,26,30)(H2,27,28,29,31). The minimum Gasteiger partial charge on any atom is -0.345 e. The van der Waals surface area contributed by atoms with E-state index < -0.39 is 0 Å². The number of hydrogen-bond acceptors (Lipinski definition) is 3. The second-order valence-electron chi connectivity index (χ2n) is 7.14. The summed E-state index contributed by atoms with van der Waals surface area (Å²) in [5, 5.41) is 8.81. The molecule has 3 rings (SSSR count). The van der Waals surface area contributed by atoms with E-state index in [4.69, 9.17) is 12.2 Å². The summed E-state index contributed by atoms with van der Waals surface area (Å²) in [4.78, 5) is 25.1. The highest BCUT2D eigenvalue weighted by Crippen LogP contribution is 2.18. The Labute approximate surface area is 187 Å². The molecule has 0 aliphatic heterocycles. The maximum Gasteiger partial charge on any atom is 0.253 e. The van der Waals surface area contributed by atoms with Crippen molar-refractivity contribution in [2.45, 2.75) is 25.8 Å². The van der Waals surface area contributed by atoms with Gasteiger partial charge >= 0.3 is 0 Å². The summed E-state index contributed by atoms with van der Waals surface area (Å²) >= 11 is 5.28. The number of carbonyl (C=O) groups is 2. The van der Waals surface area contributed by atoms with Crippen molar-refractivity contribution in [2.24, 2.45) is 0 Å². The Bertz CT molecular complexity index is 1040. The van der Waals surface area contributed by atoms with Crippen LogP contribution in [0.25, 0.3) is 0 Å². The second-order valence-corrected chi connectivity index (χ2v) is 7.55. The van der Waals surface area contributed by atoms with Gasteiger partial charge in [-0.25, -0.2) is 0 Å². The fourth-order valence-corrected chi connectivity index (χ4v) is 3.36. The molecule has 3 aromatic carbocycles. The highest BCUT2D eigenvalue weighted by Gasteiger charge is 2.15. The van der Waals surface area contributed by atoms with Crippen LogP contribution >= 0.6 is 12.2 Å². The Hall–Kier alpha value is -3.51. The van der Waals surface area contributed by atoms with Gasteiger partial charge in [0.15, 0.2) is 5.11 Å². The van der Waals surface area contributed by atoms with Gasteiger partial charge in [-0.05, 0) is 48.8 Å². The molecule has 0 aliphatic rings. The molecule has 0 aliphatic carbocycles. The largest absolute Gasteiger partial charge is 0.345 e. The van der Waals surface area contributed by atoms with Crippen molar-refractivity contribution >= 4 is 34.8 Å². The maximum absolute atomic E-state index is 12.8. The molecule has 1 unspecified atom stereocenters. The summed E-state index contributed by atoms with van der Waals surface area (Å²) in [5.41, 5.74) is 3.09. The van der Waals surface area contributed by atoms with E-state index in [-0.39, 0.29) is 23.0 Å². The molecular formula is C25H25N3O2S. The third-order valence-corrected chi connectivity index (χ3v) is 5.01. The molecule has 1 atom stereocenters. The normalized spacial score (nSPS) is 11.3. The number of para-hydroxylation sites is 1. The van der Waals surface area contributed by atoms with Crippen LogP contribution in [0.5, 0.6) is 0 Å². The number of amides is 2. The molecule has 3 aromatic rings. The van der Waals surface area contributed by atoms with Crippen LogP contribution < -0.4 is 16.0 Å². The van der Waals surface area contributed by atoms with Gasteiger partial charge in [-0.3, -0.25) is 9.59 Å². The highest BCUT2D eigenvalue weighted by molar-refractivity contribution is 7.80. The monoisotopic (exact) mass is 431 g/mol. The van der Waals surface area contributed by atoms with Crippen molar-refractivity contribution in [3.05, 3.63) is 102 Å². The first kappa shape index (κ1) is 22.2. The molecule has 0 saturated carbocycles. The predicted molar refractivity (Wildman–Crippen MR) is 128 cm³/mol. The van der Waals surface area contributed by atoms with Crippen LogP contribution in [0.15, 0.2) is 84.9 Å². The lowest BCUT2D eigenvalue weighted by Gasteiger charge is -2.17. The summed E-state index contributed by atoms with van der Waals surface area (Å²) in [7, 11) is 0. The van der Waals surface area contributed by atoms with Crippen molar-refractivity contribution in [3.8, 4) is 0 Å². The zero-order valence-electron chi connectivity index (χ0n) is 17.3. The summed E-state index contributed by atoms with van der Waals surface area (Å²) in [5.74, 6) is -0.404. The first-order chi connectivity index (χ1) is 15.0. The van der Waals surface area contributed by atoms with Crippen molar-refractivity contribution in [1.82, 2.24) is 10.6 Å². The fourth-order valence-electron chi connectivity index (χ4n) is 3.13. The number of thiocarbonyl (C=S) groups is 1. The molecule has 0 spiro atoms. The van der Waals surface area contributed by atoms with Gasteiger partial charge < -0.3 is 16.0 Å². The number of aryl methyl sites for hydroxylation is 1. The van der Waals surface area contributed by atoms with Gasteiger partial charge in [0.25, 0.3) is 5.91 Å². The molecule has 0 radical (unpaired) electrons. The summed E-state index contributed by atoms with van der Waals surface area (Å²) in [6, 6.07) is 26.5. The van der Waals surface area contributed by atoms with Crippen molar-refractivity contribution in [3.63, 3.8) is 0 Å². The third kappa shape index (κ3) is 6.76. The van der Waals surface area contributed by atoms with Gasteiger partial charge in [0.2, 0.25) is 5.91 Å². The minimum atomic E-state index is -0.224. The van der Waals surface area contributed by atoms with E-state index >= 15 is 0 Å². The summed E-state index contributed by atoms with van der Waals surface area (Å²) < 4.78 is 0. The molecule has 0 aromatic heterocycles. The van der Waals surface area contributed by atoms with Gasteiger partial charge in [-0.2, -0.15) is 0 Å². The van der Waals surface area contributed by atoms with E-state index in [1.807, 2.05) is 67.6 Å². The lowest BCUT2D eigenvalue weighted by atomic mass is 10.1. The highest BCUT2D eigenvalue weighted by atomic mass is 32.1. The van der Waals surface area contributed by atoms with Gasteiger partial charge in [0, 0.05) is 6.42 Å². The number of benzene rings is 3. The minimum absolute atomic E-state index is 0.147. The van der Waals surface area contributed by atoms with Crippen LogP contribution in [-0.4, -0.2) is 16.9 Å². The molecule has 2 amide bonds. The van der Waals surface area contributed by atoms with Crippen LogP contribution in [0, 0.1) is 0 Å². The molecular weight excluding hydrogens is 406 g/mol. The van der Waals surface area contributed by atoms with Gasteiger partial charge in [0.05, 0.1) is 17.3 Å². The lowest BCUT2D eigenvalue weighted by Crippen LogP contribution is -2.35. The van der Waals surface area contributed by atoms with Gasteiger partial charge in [-0.1, -0.05) is 72.8 Å². The molecule has 0 fully saturated rings. The zero-order chi connectivity index (χ0) is 22.1. The zero-order valence-corrected chi connectivity index (χ0v) is 18.1. The van der Waals surface area contributed by atoms with E-state index in [2.05, 4.69) is 16.0 Å². The first-order valence-corrected chi connectivity index (χ1v) is 10.5. The van der Waals surface area contributed by atoms with Gasteiger partial charge in [0.1, 0.15) is 0 Å². The molecule has 31 heavy (non-hydrogen) atoms. The fraction of sp³-hybridized carbons (Fsp3) is 0.160. The number of hydrogen-bond donors (Lipinski definition) is 3. The van der Waals surface area contributed by atoms with Crippen molar-refractivity contribution < 1.29 is 9.59 Å². The van der Waals surface area contributed by atoms with Crippen LogP contribution in [-0.2, 0) is 11.2 Å². The third-order valence-electron chi connectivity index (χ3n) is 4.80. The molecule has 0 bridgehead atoms. The van der Waals surface area contributed by atoms with E-state index in [0.717, 1.165) is 11.1 Å². The van der Waals surface area contributed by atoms with Crippen LogP contribution in [0.3, 0.4) is 0 Å². The van der Waals surface area contributed by atoms with Crippen molar-refractivity contribution in [2.75, 3.05) is 5.32 Å². The number of anilines is 1. The second kappa shape index (κ2) is 11.0. The molecule has 0 saturated heterocycles. The number of nitrogens with one attached hydrogen (secondary N) is 3. The molecule has 0 heterocycles. The molecule has 3 N–H and O–H groups in total. The molecule has 6 heteroatoms. The van der Waals surface area contributed by atoms with Crippen LogP contribution in [0.4, 0.5) is 5.69 Å². The number of carbonyl (C=O) groups excluding carboxylic acids is 2. The Morgan fingerprint density at radius 2 is 1.48 bits per heavy atom. The Morgan fingerprint density at radius 3 is 2.19 bits per heavy atom. The van der Waals surface area contributed by atoms with Gasteiger partial charge in [-0.15, -0.1) is 0 Å². The predicted octanol–water partition coefficient (Wildman–Crippen LogP) is 4.62. The molecule has 5 nitrogen and oxygen atoms in total. The maximum atomic E-state index is 12.8. The SMILES string of the molecule is CC(NC(=O)c1ccccc1NC(=S)NC(=O)CCc1ccccc1)c1ccccc1. The first-order valence-electron chi connectivity index (χ1n) is 10.1. The molecule has 158 valence electrons. The van der Waals surface area contributed by atoms with Crippen molar-refractivity contribution in [1.29, 1.82) is 0 Å². The van der Waals surface area contributed by atoms with Crippen LogP contribution in [0.2, 0.25) is 0 Å². The van der Waals surface area contributed by atoms with Crippen LogP contribution in [0.1, 0.15) is 40.9 Å². The Morgan fingerprint density at radius 1 is 0.871 bits per heavy atom. The summed E-state index contributed by atoms with van der Waals surface area (Å²) in [6.07, 6.45) is 0.953. The lowest BCUT2D eigenvalue weighted by molar-refractivity contribution is -0.119. The van der Waals surface area contributed by atoms with E-state index in [9.17, 15) is 9.59 Å².